The van der Waals surface area contributed by atoms with Gasteiger partial charge in [0.25, 0.3) is 6.47 Å². The number of hydrogen-bond donors (Lipinski definition) is 2. The molecule has 8 heteroatoms. The Balaban J connectivity index is 0.00000101. The van der Waals surface area contributed by atoms with E-state index in [0.717, 1.165) is 31.0 Å². The largest absolute Gasteiger partial charge is 0.483 e. The minimum absolute atomic E-state index is 0.0279. The maximum absolute atomic E-state index is 13.6. The molecule has 1 aliphatic rings. The van der Waals surface area contributed by atoms with Gasteiger partial charge < -0.3 is 15.3 Å². The number of likely N-dealkylation sites (tertiary alicyclic amines) is 1. The van der Waals surface area contributed by atoms with Gasteiger partial charge in [-0.3, -0.25) is 19.5 Å². The van der Waals surface area contributed by atoms with E-state index in [1.54, 1.807) is 31.1 Å². The average molecular weight is 416 g/mol. The number of rotatable bonds is 5. The third-order valence-electron chi connectivity index (χ3n) is 5.07. The summed E-state index contributed by atoms with van der Waals surface area (Å²) in [6.45, 7) is 4.06. The van der Waals surface area contributed by atoms with Crippen molar-refractivity contribution in [3.63, 3.8) is 0 Å². The molecule has 0 atom stereocenters. The van der Waals surface area contributed by atoms with Crippen LogP contribution in [0.3, 0.4) is 0 Å². The number of amides is 1. The van der Waals surface area contributed by atoms with Gasteiger partial charge in [-0.2, -0.15) is 0 Å². The fourth-order valence-corrected chi connectivity index (χ4v) is 3.67. The van der Waals surface area contributed by atoms with Gasteiger partial charge >= 0.3 is 0 Å². The number of hydrogen-bond acceptors (Lipinski definition) is 5. The highest BCUT2D eigenvalue weighted by Gasteiger charge is 2.42. The predicted molar refractivity (Wildman–Crippen MR) is 114 cm³/mol. The summed E-state index contributed by atoms with van der Waals surface area (Å²) in [4.78, 5) is 29.8. The lowest BCUT2D eigenvalue weighted by molar-refractivity contribution is -0.135. The van der Waals surface area contributed by atoms with Crippen LogP contribution >= 0.6 is 0 Å². The number of pyridine rings is 1. The zero-order valence-corrected chi connectivity index (χ0v) is 17.6. The number of carboxylic acid groups (broad SMARTS) is 1. The van der Waals surface area contributed by atoms with Crippen LogP contribution in [0.5, 0.6) is 0 Å². The highest BCUT2D eigenvalue weighted by atomic mass is 19.1. The number of nitrogens with zero attached hydrogens (tertiary/aromatic N) is 3. The summed E-state index contributed by atoms with van der Waals surface area (Å²) in [6.07, 6.45) is 1.32. The molecule has 0 radical (unpaired) electrons. The monoisotopic (exact) mass is 416 g/mol. The van der Waals surface area contributed by atoms with Crippen molar-refractivity contribution < 1.29 is 19.1 Å². The van der Waals surface area contributed by atoms with Crippen LogP contribution in [0.15, 0.2) is 42.5 Å². The third-order valence-corrected chi connectivity index (χ3v) is 5.07. The lowest BCUT2D eigenvalue weighted by Gasteiger charge is -2.43. The Bertz CT molecular complexity index is 852. The number of piperidine rings is 1. The molecule has 30 heavy (non-hydrogen) atoms. The minimum atomic E-state index is -0.714. The number of carbonyl (C=O) groups is 2. The summed E-state index contributed by atoms with van der Waals surface area (Å²) in [7, 11) is 3.53. The number of anilines is 1. The second-order valence-corrected chi connectivity index (χ2v) is 7.57. The maximum atomic E-state index is 13.6. The molecular formula is C22H29FN4O3. The Kier molecular flexibility index (Phi) is 8.29. The van der Waals surface area contributed by atoms with Gasteiger partial charge in [-0.05, 0) is 50.1 Å². The van der Waals surface area contributed by atoms with Crippen molar-refractivity contribution in [1.29, 1.82) is 0 Å². The van der Waals surface area contributed by atoms with Crippen molar-refractivity contribution in [2.75, 3.05) is 32.5 Å². The Labute approximate surface area is 176 Å². The van der Waals surface area contributed by atoms with Gasteiger partial charge in [0.05, 0.1) is 5.69 Å². The van der Waals surface area contributed by atoms with Crippen molar-refractivity contribution in [1.82, 2.24) is 14.8 Å². The fraction of sp³-hybridized carbons (Fsp3) is 0.409. The van der Waals surface area contributed by atoms with E-state index in [2.05, 4.69) is 15.2 Å². The van der Waals surface area contributed by atoms with Crippen molar-refractivity contribution in [2.24, 2.45) is 0 Å². The molecular weight excluding hydrogens is 387 g/mol. The van der Waals surface area contributed by atoms with Crippen LogP contribution in [0.4, 0.5) is 10.1 Å². The van der Waals surface area contributed by atoms with Gasteiger partial charge in [-0.25, -0.2) is 4.39 Å². The van der Waals surface area contributed by atoms with Crippen LogP contribution in [0.1, 0.15) is 24.2 Å². The zero-order valence-electron chi connectivity index (χ0n) is 17.6. The van der Waals surface area contributed by atoms with E-state index in [9.17, 15) is 9.18 Å². The minimum Gasteiger partial charge on any atom is -0.483 e. The lowest BCUT2D eigenvalue weighted by atomic mass is 9.85. The van der Waals surface area contributed by atoms with Crippen LogP contribution < -0.4 is 5.32 Å². The zero-order chi connectivity index (χ0) is 22.1. The van der Waals surface area contributed by atoms with Gasteiger partial charge in [0.15, 0.2) is 0 Å². The molecule has 1 aromatic carbocycles. The van der Waals surface area contributed by atoms with E-state index < -0.39 is 5.54 Å². The maximum Gasteiger partial charge on any atom is 0.290 e. The molecule has 2 aromatic rings. The van der Waals surface area contributed by atoms with Crippen molar-refractivity contribution in [2.45, 2.75) is 31.8 Å². The molecule has 1 aromatic heterocycles. The smallest absolute Gasteiger partial charge is 0.290 e. The highest BCUT2D eigenvalue weighted by molar-refractivity contribution is 5.89. The molecule has 7 nitrogen and oxygen atoms in total. The van der Waals surface area contributed by atoms with Gasteiger partial charge in [-0.15, -0.1) is 0 Å². The number of halogens is 1. The molecule has 1 amide bonds. The first-order valence-electron chi connectivity index (χ1n) is 9.78. The first-order valence-corrected chi connectivity index (χ1v) is 9.78. The molecule has 1 saturated heterocycles. The summed E-state index contributed by atoms with van der Waals surface area (Å²) < 4.78 is 13.6. The van der Waals surface area contributed by atoms with Crippen molar-refractivity contribution >= 4 is 18.1 Å². The SMILES string of the molecule is Cc1cccc(CN2CCC(Nc3cccc(F)c3)(C(=O)N(C)C)CC2)n1.O=CO. The van der Waals surface area contributed by atoms with Crippen LogP contribution in [0.25, 0.3) is 0 Å². The highest BCUT2D eigenvalue weighted by Crippen LogP contribution is 2.29. The Hall–Kier alpha value is -3.00. The van der Waals surface area contributed by atoms with E-state index in [4.69, 9.17) is 9.90 Å². The average Bonchev–Trinajstić information content (AvgIpc) is 2.70. The Morgan fingerprint density at radius 2 is 1.90 bits per heavy atom. The van der Waals surface area contributed by atoms with Gasteiger partial charge in [0.2, 0.25) is 5.91 Å². The molecule has 0 spiro atoms. The Morgan fingerprint density at radius 1 is 1.27 bits per heavy atom. The first-order chi connectivity index (χ1) is 14.3. The van der Waals surface area contributed by atoms with Gasteiger partial charge in [0, 0.05) is 45.1 Å². The van der Waals surface area contributed by atoms with E-state index in [1.165, 1.54) is 12.1 Å². The second kappa shape index (κ2) is 10.7. The summed E-state index contributed by atoms with van der Waals surface area (Å²) in [6, 6.07) is 12.3. The molecule has 0 aliphatic carbocycles. The Morgan fingerprint density at radius 3 is 2.47 bits per heavy atom. The summed E-state index contributed by atoms with van der Waals surface area (Å²) in [5, 5.41) is 10.2. The van der Waals surface area contributed by atoms with E-state index in [1.807, 2.05) is 25.1 Å². The number of aromatic nitrogens is 1. The number of nitrogens with one attached hydrogen (secondary N) is 1. The van der Waals surface area contributed by atoms with E-state index >= 15 is 0 Å². The van der Waals surface area contributed by atoms with E-state index in [-0.39, 0.29) is 18.2 Å². The summed E-state index contributed by atoms with van der Waals surface area (Å²) in [5.74, 6) is -0.282. The predicted octanol–water partition coefficient (Wildman–Crippen LogP) is 2.76. The third kappa shape index (κ3) is 6.25. The summed E-state index contributed by atoms with van der Waals surface area (Å²) in [5.41, 5.74) is 1.97. The van der Waals surface area contributed by atoms with E-state index in [0.29, 0.717) is 18.5 Å². The first kappa shape index (κ1) is 23.3. The molecule has 0 unspecified atom stereocenters. The molecule has 0 bridgehead atoms. The molecule has 2 N–H and O–H groups in total. The van der Waals surface area contributed by atoms with Gasteiger partial charge in [0.1, 0.15) is 11.4 Å². The molecule has 3 rings (SSSR count). The normalized spacial score (nSPS) is 15.5. The molecule has 162 valence electrons. The molecule has 1 aliphatic heterocycles. The van der Waals surface area contributed by atoms with Gasteiger partial charge in [-0.1, -0.05) is 12.1 Å². The van der Waals surface area contributed by atoms with Crippen LogP contribution in [0, 0.1) is 12.7 Å². The number of carbonyl (C=O) groups excluding carboxylic acids is 1. The van der Waals surface area contributed by atoms with Crippen molar-refractivity contribution in [3.8, 4) is 0 Å². The lowest BCUT2D eigenvalue weighted by Crippen LogP contribution is -2.57. The second-order valence-electron chi connectivity index (χ2n) is 7.57. The fourth-order valence-electron chi connectivity index (χ4n) is 3.67. The summed E-state index contributed by atoms with van der Waals surface area (Å²) >= 11 is 0. The molecule has 2 heterocycles. The molecule has 0 saturated carbocycles. The number of aryl methyl sites for hydroxylation is 1. The van der Waals surface area contributed by atoms with Crippen LogP contribution in [-0.2, 0) is 16.1 Å². The van der Waals surface area contributed by atoms with Crippen molar-refractivity contribution in [3.05, 3.63) is 59.7 Å². The van der Waals surface area contributed by atoms with Crippen LogP contribution in [0.2, 0.25) is 0 Å². The number of likely N-dealkylation sites (N-methyl/N-ethyl adjacent to an activating group) is 1. The molecule has 1 fully saturated rings. The van der Waals surface area contributed by atoms with Crippen LogP contribution in [-0.4, -0.2) is 65.0 Å². The standard InChI is InChI=1S/C21H27FN4O.CH2O2/c1-16-6-4-9-19(23-16)15-26-12-10-21(11-13-26,20(27)25(2)3)24-18-8-5-7-17(22)14-18;2-1-3/h4-9,14,24H,10-13,15H2,1-3H3;1H,(H,2,3). The quantitative estimate of drug-likeness (QED) is 0.729. The topological polar surface area (TPSA) is 85.8 Å². The number of benzene rings is 1.